The number of alkyl halides is 2. The van der Waals surface area contributed by atoms with Gasteiger partial charge in [-0.1, -0.05) is 0 Å². The Labute approximate surface area is 96.3 Å². The van der Waals surface area contributed by atoms with Gasteiger partial charge >= 0.3 is 5.92 Å². The maximum absolute atomic E-state index is 13.4. The van der Waals surface area contributed by atoms with Crippen molar-refractivity contribution in [2.24, 2.45) is 5.73 Å². The summed E-state index contributed by atoms with van der Waals surface area (Å²) in [4.78, 5) is 10.6. The molecule has 1 aliphatic rings. The van der Waals surface area contributed by atoms with E-state index >= 15 is 0 Å². The standard InChI is InChI=1S/C11H11F2NO3/c1-10(2)16-7-4-3-6(5-8(7)17-10)11(12,13)9(14)15/h3-5H,1-2H3,(H2,14,15). The summed E-state index contributed by atoms with van der Waals surface area (Å²) in [5.41, 5.74) is 4.13. The molecule has 2 N–H and O–H groups in total. The lowest BCUT2D eigenvalue weighted by atomic mass is 10.1. The van der Waals surface area contributed by atoms with Crippen LogP contribution in [0.25, 0.3) is 0 Å². The molecule has 0 radical (unpaired) electrons. The molecular weight excluding hydrogens is 232 g/mol. The number of primary amides is 1. The van der Waals surface area contributed by atoms with Crippen LogP contribution >= 0.6 is 0 Å². The second-order valence-electron chi connectivity index (χ2n) is 4.20. The molecule has 1 amide bonds. The van der Waals surface area contributed by atoms with Crippen LogP contribution in [0.1, 0.15) is 19.4 Å². The van der Waals surface area contributed by atoms with E-state index in [0.29, 0.717) is 5.75 Å². The quantitative estimate of drug-likeness (QED) is 0.861. The summed E-state index contributed by atoms with van der Waals surface area (Å²) >= 11 is 0. The van der Waals surface area contributed by atoms with E-state index in [-0.39, 0.29) is 5.75 Å². The molecule has 0 aliphatic carbocycles. The monoisotopic (exact) mass is 243 g/mol. The number of rotatable bonds is 2. The third kappa shape index (κ3) is 1.90. The Morgan fingerprint density at radius 3 is 2.47 bits per heavy atom. The van der Waals surface area contributed by atoms with Crippen LogP contribution in [0.3, 0.4) is 0 Å². The number of ether oxygens (including phenoxy) is 2. The van der Waals surface area contributed by atoms with Gasteiger partial charge in [-0.15, -0.1) is 0 Å². The number of hydrogen-bond acceptors (Lipinski definition) is 3. The normalized spacial score (nSPS) is 16.9. The minimum Gasteiger partial charge on any atom is -0.449 e. The van der Waals surface area contributed by atoms with Crippen molar-refractivity contribution in [1.82, 2.24) is 0 Å². The summed E-state index contributed by atoms with van der Waals surface area (Å²) < 4.78 is 37.4. The number of halogens is 2. The Balaban J connectivity index is 2.41. The summed E-state index contributed by atoms with van der Waals surface area (Å²) in [5, 5.41) is 0. The van der Waals surface area contributed by atoms with Gasteiger partial charge in [0.05, 0.1) is 0 Å². The van der Waals surface area contributed by atoms with Crippen LogP contribution in [0.15, 0.2) is 18.2 Å². The fourth-order valence-corrected chi connectivity index (χ4v) is 1.56. The number of benzene rings is 1. The van der Waals surface area contributed by atoms with Crippen LogP contribution in [-0.2, 0) is 10.7 Å². The van der Waals surface area contributed by atoms with Gasteiger partial charge in [0, 0.05) is 19.4 Å². The first-order valence-corrected chi connectivity index (χ1v) is 4.93. The molecule has 1 aromatic rings. The maximum atomic E-state index is 13.4. The maximum Gasteiger partial charge on any atom is 0.349 e. The summed E-state index contributed by atoms with van der Waals surface area (Å²) in [5.74, 6) is -5.78. The van der Waals surface area contributed by atoms with Crippen LogP contribution in [0, 0.1) is 0 Å². The number of fused-ring (bicyclic) bond motifs is 1. The van der Waals surface area contributed by atoms with E-state index in [4.69, 9.17) is 9.47 Å². The molecule has 6 heteroatoms. The first-order chi connectivity index (χ1) is 7.72. The van der Waals surface area contributed by atoms with Gasteiger partial charge < -0.3 is 15.2 Å². The Hall–Kier alpha value is -1.85. The Kier molecular flexibility index (Phi) is 2.27. The third-order valence-corrected chi connectivity index (χ3v) is 2.33. The number of nitrogens with two attached hydrogens (primary N) is 1. The van der Waals surface area contributed by atoms with E-state index in [1.54, 1.807) is 13.8 Å². The first-order valence-electron chi connectivity index (χ1n) is 4.93. The summed E-state index contributed by atoms with van der Waals surface area (Å²) in [6.07, 6.45) is 0. The van der Waals surface area contributed by atoms with Crippen LogP contribution in [0.2, 0.25) is 0 Å². The van der Waals surface area contributed by atoms with Crippen molar-refractivity contribution in [1.29, 1.82) is 0 Å². The second kappa shape index (κ2) is 3.32. The molecule has 0 spiro atoms. The average Bonchev–Trinajstić information content (AvgIpc) is 2.49. The lowest BCUT2D eigenvalue weighted by molar-refractivity contribution is -0.143. The predicted molar refractivity (Wildman–Crippen MR) is 54.9 cm³/mol. The highest BCUT2D eigenvalue weighted by molar-refractivity contribution is 5.83. The van der Waals surface area contributed by atoms with Gasteiger partial charge in [0.15, 0.2) is 11.5 Å². The zero-order valence-electron chi connectivity index (χ0n) is 9.29. The van der Waals surface area contributed by atoms with E-state index < -0.39 is 23.2 Å². The molecule has 0 unspecified atom stereocenters. The molecule has 2 rings (SSSR count). The van der Waals surface area contributed by atoms with E-state index in [1.165, 1.54) is 6.07 Å². The number of amides is 1. The van der Waals surface area contributed by atoms with Gasteiger partial charge in [-0.05, 0) is 18.2 Å². The Morgan fingerprint density at radius 1 is 1.29 bits per heavy atom. The Morgan fingerprint density at radius 2 is 1.88 bits per heavy atom. The molecule has 0 saturated heterocycles. The molecular formula is C11H11F2NO3. The zero-order chi connectivity index (χ0) is 12.8. The highest BCUT2D eigenvalue weighted by Crippen LogP contribution is 2.42. The van der Waals surface area contributed by atoms with Crippen molar-refractivity contribution in [2.45, 2.75) is 25.6 Å². The molecule has 0 fully saturated rings. The molecule has 0 bridgehead atoms. The lowest BCUT2D eigenvalue weighted by Crippen LogP contribution is -2.32. The summed E-state index contributed by atoms with van der Waals surface area (Å²) in [6, 6.07) is 3.49. The fraction of sp³-hybridized carbons (Fsp3) is 0.364. The smallest absolute Gasteiger partial charge is 0.349 e. The van der Waals surface area contributed by atoms with Crippen molar-refractivity contribution >= 4 is 5.91 Å². The number of carbonyl (C=O) groups excluding carboxylic acids is 1. The second-order valence-corrected chi connectivity index (χ2v) is 4.20. The van der Waals surface area contributed by atoms with E-state index in [2.05, 4.69) is 5.73 Å². The number of hydrogen-bond donors (Lipinski definition) is 1. The zero-order valence-corrected chi connectivity index (χ0v) is 9.29. The molecule has 1 aromatic carbocycles. The molecule has 92 valence electrons. The number of carbonyl (C=O) groups is 1. The van der Waals surface area contributed by atoms with Crippen LogP contribution in [0.4, 0.5) is 8.78 Å². The van der Waals surface area contributed by atoms with Crippen molar-refractivity contribution in [2.75, 3.05) is 0 Å². The van der Waals surface area contributed by atoms with Crippen LogP contribution in [-0.4, -0.2) is 11.7 Å². The Bertz CT molecular complexity index is 486. The minimum atomic E-state index is -3.72. The first kappa shape index (κ1) is 11.6. The average molecular weight is 243 g/mol. The van der Waals surface area contributed by atoms with Gasteiger partial charge in [-0.2, -0.15) is 8.78 Å². The third-order valence-electron chi connectivity index (χ3n) is 2.33. The van der Waals surface area contributed by atoms with Crippen molar-refractivity contribution in [3.8, 4) is 11.5 Å². The molecule has 1 aliphatic heterocycles. The fourth-order valence-electron chi connectivity index (χ4n) is 1.56. The molecule has 4 nitrogen and oxygen atoms in total. The van der Waals surface area contributed by atoms with Gasteiger partial charge in [0.2, 0.25) is 5.79 Å². The predicted octanol–water partition coefficient (Wildman–Crippen LogP) is 1.77. The summed E-state index contributed by atoms with van der Waals surface area (Å²) in [6.45, 7) is 3.30. The van der Waals surface area contributed by atoms with Crippen LogP contribution in [0.5, 0.6) is 11.5 Å². The van der Waals surface area contributed by atoms with E-state index in [9.17, 15) is 13.6 Å². The SMILES string of the molecule is CC1(C)Oc2ccc(C(F)(F)C(N)=O)cc2O1. The van der Waals surface area contributed by atoms with E-state index in [1.807, 2.05) is 0 Å². The van der Waals surface area contributed by atoms with Crippen LogP contribution < -0.4 is 15.2 Å². The topological polar surface area (TPSA) is 61.5 Å². The highest BCUT2D eigenvalue weighted by atomic mass is 19.3. The lowest BCUT2D eigenvalue weighted by Gasteiger charge is -2.16. The molecule has 1 heterocycles. The van der Waals surface area contributed by atoms with Crippen molar-refractivity contribution in [3.63, 3.8) is 0 Å². The van der Waals surface area contributed by atoms with Gasteiger partial charge in [0.1, 0.15) is 0 Å². The van der Waals surface area contributed by atoms with Gasteiger partial charge in [-0.25, -0.2) is 0 Å². The largest absolute Gasteiger partial charge is 0.449 e. The van der Waals surface area contributed by atoms with Gasteiger partial charge in [0.25, 0.3) is 5.91 Å². The molecule has 0 saturated carbocycles. The summed E-state index contributed by atoms with van der Waals surface area (Å²) in [7, 11) is 0. The molecule has 0 aromatic heterocycles. The van der Waals surface area contributed by atoms with Gasteiger partial charge in [-0.3, -0.25) is 4.79 Å². The van der Waals surface area contributed by atoms with Crippen molar-refractivity contribution in [3.05, 3.63) is 23.8 Å². The minimum absolute atomic E-state index is 0.174. The molecule has 0 atom stereocenters. The molecule has 17 heavy (non-hydrogen) atoms. The highest BCUT2D eigenvalue weighted by Gasteiger charge is 2.41. The van der Waals surface area contributed by atoms with E-state index in [0.717, 1.165) is 12.1 Å². The van der Waals surface area contributed by atoms with Crippen molar-refractivity contribution < 1.29 is 23.0 Å².